The summed E-state index contributed by atoms with van der Waals surface area (Å²) in [5.41, 5.74) is 2.34. The van der Waals surface area contributed by atoms with Crippen LogP contribution in [-0.4, -0.2) is 4.98 Å². The number of hydrogen-bond acceptors (Lipinski definition) is 1. The van der Waals surface area contributed by atoms with Crippen molar-refractivity contribution >= 4 is 44.1 Å². The van der Waals surface area contributed by atoms with E-state index in [0.29, 0.717) is 0 Å². The molecule has 1 nitrogen and oxygen atoms in total. The van der Waals surface area contributed by atoms with Gasteiger partial charge in [-0.15, -0.1) is 11.3 Å². The van der Waals surface area contributed by atoms with Gasteiger partial charge in [-0.25, -0.2) is 0 Å². The Bertz CT molecular complexity index is 617. The van der Waals surface area contributed by atoms with Gasteiger partial charge in [0.05, 0.1) is 10.2 Å². The van der Waals surface area contributed by atoms with E-state index in [1.54, 1.807) is 0 Å². The number of aromatic nitrogens is 1. The lowest BCUT2D eigenvalue weighted by atomic mass is 10.2. The molecule has 0 saturated heterocycles. The normalized spacial score (nSPS) is 11.6. The first-order valence-corrected chi connectivity index (χ1v) is 5.61. The molecule has 14 heavy (non-hydrogen) atoms. The van der Waals surface area contributed by atoms with Gasteiger partial charge in [-0.05, 0) is 31.2 Å². The summed E-state index contributed by atoms with van der Waals surface area (Å²) < 4.78 is 1.33. The molecule has 0 fully saturated rings. The first-order chi connectivity index (χ1) is 6.74. The van der Waals surface area contributed by atoms with Crippen LogP contribution < -0.4 is 0 Å². The van der Waals surface area contributed by atoms with Crippen LogP contribution in [-0.2, 0) is 0 Å². The van der Waals surface area contributed by atoms with Crippen LogP contribution >= 0.6 is 22.9 Å². The second-order valence-electron chi connectivity index (χ2n) is 3.41. The predicted molar refractivity (Wildman–Crippen MR) is 63.4 cm³/mol. The molecule has 0 bridgehead atoms. The molecule has 3 heteroatoms. The highest BCUT2D eigenvalue weighted by molar-refractivity contribution is 7.20. The van der Waals surface area contributed by atoms with E-state index in [1.807, 2.05) is 23.5 Å². The number of hydrogen-bond donors (Lipinski definition) is 1. The van der Waals surface area contributed by atoms with Gasteiger partial charge in [0.1, 0.15) is 0 Å². The van der Waals surface area contributed by atoms with Crippen LogP contribution in [0.15, 0.2) is 24.3 Å². The van der Waals surface area contributed by atoms with Gasteiger partial charge in [0.25, 0.3) is 0 Å². The Kier molecular flexibility index (Phi) is 1.64. The molecule has 0 atom stereocenters. The van der Waals surface area contributed by atoms with Crippen molar-refractivity contribution in [3.63, 3.8) is 0 Å². The van der Waals surface area contributed by atoms with Crippen LogP contribution in [0.2, 0.25) is 5.02 Å². The second-order valence-corrected chi connectivity index (χ2v) is 5.11. The summed E-state index contributed by atoms with van der Waals surface area (Å²) in [6, 6.07) is 8.16. The van der Waals surface area contributed by atoms with E-state index in [-0.39, 0.29) is 0 Å². The number of H-pyrrole nitrogens is 1. The molecule has 0 unspecified atom stereocenters. The number of thiophene rings is 1. The molecule has 2 heterocycles. The van der Waals surface area contributed by atoms with Crippen molar-refractivity contribution in [1.82, 2.24) is 4.98 Å². The SMILES string of the molecule is Cc1cc2[nH]c3cc(Cl)ccc3c2s1. The summed E-state index contributed by atoms with van der Waals surface area (Å²) >= 11 is 7.75. The average Bonchev–Trinajstić information content (AvgIpc) is 2.59. The second kappa shape index (κ2) is 2.75. The summed E-state index contributed by atoms with van der Waals surface area (Å²) in [7, 11) is 0. The van der Waals surface area contributed by atoms with Gasteiger partial charge < -0.3 is 4.98 Å². The third-order valence-corrected chi connectivity index (χ3v) is 3.67. The topological polar surface area (TPSA) is 15.8 Å². The minimum absolute atomic E-state index is 0.781. The highest BCUT2D eigenvalue weighted by Gasteiger charge is 2.06. The summed E-state index contributed by atoms with van der Waals surface area (Å²) in [6.07, 6.45) is 0. The highest BCUT2D eigenvalue weighted by atomic mass is 35.5. The Morgan fingerprint density at radius 1 is 1.21 bits per heavy atom. The number of aryl methyl sites for hydroxylation is 1. The first kappa shape index (κ1) is 8.33. The van der Waals surface area contributed by atoms with E-state index in [9.17, 15) is 0 Å². The third-order valence-electron chi connectivity index (χ3n) is 2.35. The van der Waals surface area contributed by atoms with Gasteiger partial charge >= 0.3 is 0 Å². The zero-order chi connectivity index (χ0) is 9.71. The maximum atomic E-state index is 5.93. The molecule has 1 aromatic carbocycles. The van der Waals surface area contributed by atoms with Gasteiger partial charge in [0.2, 0.25) is 0 Å². The van der Waals surface area contributed by atoms with Crippen LogP contribution in [0.3, 0.4) is 0 Å². The van der Waals surface area contributed by atoms with Crippen molar-refractivity contribution in [2.24, 2.45) is 0 Å². The van der Waals surface area contributed by atoms with E-state index in [1.165, 1.54) is 20.5 Å². The van der Waals surface area contributed by atoms with Crippen molar-refractivity contribution < 1.29 is 0 Å². The molecule has 0 aliphatic heterocycles. The molecule has 2 aromatic heterocycles. The molecule has 0 spiro atoms. The molecule has 0 saturated carbocycles. The summed E-state index contributed by atoms with van der Waals surface area (Å²) in [4.78, 5) is 4.70. The van der Waals surface area contributed by atoms with E-state index in [2.05, 4.69) is 24.0 Å². The zero-order valence-corrected chi connectivity index (χ0v) is 9.17. The Balaban J connectivity index is 2.52. The zero-order valence-electron chi connectivity index (χ0n) is 7.60. The maximum absolute atomic E-state index is 5.93. The Morgan fingerprint density at radius 2 is 2.07 bits per heavy atom. The molecule has 0 amide bonds. The summed E-state index contributed by atoms with van der Waals surface area (Å²) in [6.45, 7) is 2.13. The van der Waals surface area contributed by atoms with E-state index in [4.69, 9.17) is 11.6 Å². The molecular weight excluding hydrogens is 214 g/mol. The van der Waals surface area contributed by atoms with Gasteiger partial charge in [-0.3, -0.25) is 0 Å². The first-order valence-electron chi connectivity index (χ1n) is 4.41. The fraction of sp³-hybridized carbons (Fsp3) is 0.0909. The number of rotatable bonds is 0. The van der Waals surface area contributed by atoms with Gasteiger partial charge in [-0.2, -0.15) is 0 Å². The fourth-order valence-electron chi connectivity index (χ4n) is 1.77. The average molecular weight is 222 g/mol. The minimum Gasteiger partial charge on any atom is -0.354 e. The van der Waals surface area contributed by atoms with Crippen molar-refractivity contribution in [3.8, 4) is 0 Å². The number of benzene rings is 1. The smallest absolute Gasteiger partial charge is 0.0601 e. The molecule has 3 rings (SSSR count). The van der Waals surface area contributed by atoms with Crippen LogP contribution in [0.1, 0.15) is 4.88 Å². The summed E-state index contributed by atoms with van der Waals surface area (Å²) in [5.74, 6) is 0. The molecule has 0 aliphatic carbocycles. The Morgan fingerprint density at radius 3 is 2.93 bits per heavy atom. The number of halogens is 1. The summed E-state index contributed by atoms with van der Waals surface area (Å²) in [5, 5.41) is 2.05. The molecule has 3 aromatic rings. The van der Waals surface area contributed by atoms with Gasteiger partial charge in [0, 0.05) is 20.8 Å². The third kappa shape index (κ3) is 1.08. The lowest BCUT2D eigenvalue weighted by molar-refractivity contribution is 1.54. The standard InChI is InChI=1S/C11H8ClNS/c1-6-4-10-11(14-6)8-3-2-7(12)5-9(8)13-10/h2-5,13H,1H3. The van der Waals surface area contributed by atoms with Crippen molar-refractivity contribution in [2.75, 3.05) is 0 Å². The van der Waals surface area contributed by atoms with Gasteiger partial charge in [0.15, 0.2) is 0 Å². The lowest BCUT2D eigenvalue weighted by Crippen LogP contribution is -1.67. The molecule has 70 valence electrons. The van der Waals surface area contributed by atoms with E-state index in [0.717, 1.165) is 10.5 Å². The van der Waals surface area contributed by atoms with Crippen LogP contribution in [0.25, 0.3) is 21.1 Å². The van der Waals surface area contributed by atoms with Crippen LogP contribution in [0.5, 0.6) is 0 Å². The van der Waals surface area contributed by atoms with E-state index < -0.39 is 0 Å². The van der Waals surface area contributed by atoms with Crippen molar-refractivity contribution in [2.45, 2.75) is 6.92 Å². The Hall–Kier alpha value is -0.990. The van der Waals surface area contributed by atoms with Crippen molar-refractivity contribution in [3.05, 3.63) is 34.2 Å². The van der Waals surface area contributed by atoms with E-state index >= 15 is 0 Å². The predicted octanol–water partition coefficient (Wildman–Crippen LogP) is 4.34. The lowest BCUT2D eigenvalue weighted by Gasteiger charge is -1.90. The van der Waals surface area contributed by atoms with Crippen LogP contribution in [0.4, 0.5) is 0 Å². The minimum atomic E-state index is 0.781. The number of fused-ring (bicyclic) bond motifs is 3. The largest absolute Gasteiger partial charge is 0.354 e. The molecule has 0 radical (unpaired) electrons. The van der Waals surface area contributed by atoms with Crippen molar-refractivity contribution in [1.29, 1.82) is 0 Å². The monoisotopic (exact) mass is 221 g/mol. The Labute approximate surface area is 90.3 Å². The molecular formula is C11H8ClNS. The fourth-order valence-corrected chi connectivity index (χ4v) is 2.95. The molecule has 1 N–H and O–H groups in total. The number of aromatic amines is 1. The quantitative estimate of drug-likeness (QED) is 0.581. The maximum Gasteiger partial charge on any atom is 0.0601 e. The van der Waals surface area contributed by atoms with Crippen LogP contribution in [0, 0.1) is 6.92 Å². The van der Waals surface area contributed by atoms with Gasteiger partial charge in [-0.1, -0.05) is 11.6 Å². The highest BCUT2D eigenvalue weighted by Crippen LogP contribution is 2.33. The number of nitrogens with one attached hydrogen (secondary N) is 1. The molecule has 0 aliphatic rings.